The first-order valence-corrected chi connectivity index (χ1v) is 6.10. The fourth-order valence-electron chi connectivity index (χ4n) is 2.32. The summed E-state index contributed by atoms with van der Waals surface area (Å²) in [7, 11) is 0. The maximum absolute atomic E-state index is 2.39. The van der Waals surface area contributed by atoms with Gasteiger partial charge in [0.1, 0.15) is 0 Å². The van der Waals surface area contributed by atoms with Crippen LogP contribution in [0.1, 0.15) is 48.4 Å². The highest BCUT2D eigenvalue weighted by molar-refractivity contribution is 5.57. The van der Waals surface area contributed by atoms with Crippen LogP contribution in [0.15, 0.2) is 18.2 Å². The number of allylic oxidation sites excluding steroid dienone is 1. The molecule has 2 rings (SSSR count). The second-order valence-corrected chi connectivity index (χ2v) is 4.52. The predicted octanol–water partition coefficient (Wildman–Crippen LogP) is 4.30. The van der Waals surface area contributed by atoms with Crippen LogP contribution in [0.3, 0.4) is 0 Å². The van der Waals surface area contributed by atoms with Gasteiger partial charge in [-0.2, -0.15) is 0 Å². The molecule has 0 atom stereocenters. The molecule has 0 unspecified atom stereocenters. The highest BCUT2D eigenvalue weighted by atomic mass is 14.2. The lowest BCUT2D eigenvalue weighted by Gasteiger charge is -2.05. The van der Waals surface area contributed by atoms with E-state index in [-0.39, 0.29) is 0 Å². The molecular weight excluding hydrogens is 180 g/mol. The summed E-state index contributed by atoms with van der Waals surface area (Å²) in [5, 5.41) is 0. The molecule has 0 heteroatoms. The smallest absolute Gasteiger partial charge is 0.0228 e. The number of fused-ring (bicyclic) bond motifs is 1. The van der Waals surface area contributed by atoms with Crippen LogP contribution < -0.4 is 0 Å². The monoisotopic (exact) mass is 200 g/mol. The summed E-state index contributed by atoms with van der Waals surface area (Å²) in [4.78, 5) is 0. The molecule has 0 nitrogen and oxygen atoms in total. The number of unbranched alkanes of at least 4 members (excludes halogenated alkanes) is 1. The van der Waals surface area contributed by atoms with E-state index in [1.165, 1.54) is 43.2 Å². The van der Waals surface area contributed by atoms with Gasteiger partial charge < -0.3 is 0 Å². The minimum atomic E-state index is 1.19. The largest absolute Gasteiger partial charge is 0.0839 e. The van der Waals surface area contributed by atoms with Gasteiger partial charge in [0.15, 0.2) is 0 Å². The van der Waals surface area contributed by atoms with Crippen LogP contribution >= 0.6 is 0 Å². The van der Waals surface area contributed by atoms with Gasteiger partial charge in [-0.3, -0.25) is 0 Å². The minimum Gasteiger partial charge on any atom is -0.0839 e. The summed E-state index contributed by atoms with van der Waals surface area (Å²) in [5.41, 5.74) is 6.02. The molecule has 1 aromatic rings. The van der Waals surface area contributed by atoms with Gasteiger partial charge in [-0.25, -0.2) is 0 Å². The van der Waals surface area contributed by atoms with Crippen LogP contribution in [0, 0.1) is 6.92 Å². The molecule has 0 heterocycles. The molecular formula is C15H20. The third-order valence-electron chi connectivity index (χ3n) is 3.23. The van der Waals surface area contributed by atoms with Gasteiger partial charge >= 0.3 is 0 Å². The lowest BCUT2D eigenvalue weighted by Crippen LogP contribution is -1.88. The average molecular weight is 200 g/mol. The Morgan fingerprint density at radius 1 is 1.20 bits per heavy atom. The molecule has 1 aliphatic carbocycles. The first kappa shape index (κ1) is 10.5. The molecule has 1 aromatic carbocycles. The summed E-state index contributed by atoms with van der Waals surface area (Å²) in [5.74, 6) is 0. The summed E-state index contributed by atoms with van der Waals surface area (Å²) in [6.07, 6.45) is 10.9. The zero-order valence-corrected chi connectivity index (χ0v) is 9.84. The second kappa shape index (κ2) is 4.65. The van der Waals surface area contributed by atoms with Gasteiger partial charge in [-0.1, -0.05) is 37.6 Å². The van der Waals surface area contributed by atoms with Crippen LogP contribution in [-0.4, -0.2) is 0 Å². The Balaban J connectivity index is 2.24. The number of aryl methyl sites for hydroxylation is 3. The zero-order valence-electron chi connectivity index (χ0n) is 9.84. The Morgan fingerprint density at radius 3 is 2.67 bits per heavy atom. The first-order valence-electron chi connectivity index (χ1n) is 6.10. The standard InChI is InChI=1S/C15H20/c1-3-4-5-7-13-11-15-9-6-8-14(15)10-12(13)2/h5,7,10-11H,3-4,6,8-9H2,1-2H3/b7-5-. The molecule has 0 spiro atoms. The van der Waals surface area contributed by atoms with Gasteiger partial charge in [0.05, 0.1) is 0 Å². The lowest BCUT2D eigenvalue weighted by molar-refractivity contribution is 0.911. The number of rotatable bonds is 3. The SMILES string of the molecule is CCC/C=C\c1cc2c(cc1C)CCC2. The van der Waals surface area contributed by atoms with E-state index in [0.29, 0.717) is 0 Å². The van der Waals surface area contributed by atoms with Crippen LogP contribution in [0.25, 0.3) is 6.08 Å². The van der Waals surface area contributed by atoms with E-state index in [9.17, 15) is 0 Å². The van der Waals surface area contributed by atoms with Crippen LogP contribution in [0.4, 0.5) is 0 Å². The second-order valence-electron chi connectivity index (χ2n) is 4.52. The third kappa shape index (κ3) is 2.31. The van der Waals surface area contributed by atoms with Gasteiger partial charge in [0, 0.05) is 0 Å². The third-order valence-corrected chi connectivity index (χ3v) is 3.23. The van der Waals surface area contributed by atoms with Crippen molar-refractivity contribution >= 4 is 6.08 Å². The molecule has 0 aliphatic heterocycles. The van der Waals surface area contributed by atoms with E-state index >= 15 is 0 Å². The number of hydrogen-bond donors (Lipinski definition) is 0. The molecule has 0 bridgehead atoms. The Labute approximate surface area is 93.0 Å². The zero-order chi connectivity index (χ0) is 10.7. The maximum Gasteiger partial charge on any atom is -0.0228 e. The number of hydrogen-bond acceptors (Lipinski definition) is 0. The fourth-order valence-corrected chi connectivity index (χ4v) is 2.32. The van der Waals surface area contributed by atoms with Crippen molar-refractivity contribution < 1.29 is 0 Å². The van der Waals surface area contributed by atoms with E-state index < -0.39 is 0 Å². The van der Waals surface area contributed by atoms with E-state index in [1.807, 2.05) is 0 Å². The Bertz CT molecular complexity index is 372. The quantitative estimate of drug-likeness (QED) is 0.682. The van der Waals surface area contributed by atoms with Crippen molar-refractivity contribution in [3.8, 4) is 0 Å². The van der Waals surface area contributed by atoms with E-state index in [4.69, 9.17) is 0 Å². The van der Waals surface area contributed by atoms with Crippen molar-refractivity contribution in [3.05, 3.63) is 40.5 Å². The molecule has 0 radical (unpaired) electrons. The fraction of sp³-hybridized carbons (Fsp3) is 0.467. The van der Waals surface area contributed by atoms with Crippen LogP contribution in [0.2, 0.25) is 0 Å². The molecule has 0 saturated carbocycles. The van der Waals surface area contributed by atoms with Crippen molar-refractivity contribution in [3.63, 3.8) is 0 Å². The Kier molecular flexibility index (Phi) is 3.25. The van der Waals surface area contributed by atoms with Gasteiger partial charge in [0.25, 0.3) is 0 Å². The molecule has 15 heavy (non-hydrogen) atoms. The topological polar surface area (TPSA) is 0 Å². The molecule has 0 fully saturated rings. The van der Waals surface area contributed by atoms with Crippen molar-refractivity contribution in [2.24, 2.45) is 0 Å². The van der Waals surface area contributed by atoms with Crippen molar-refractivity contribution in [1.29, 1.82) is 0 Å². The first-order chi connectivity index (χ1) is 7.31. The summed E-state index contributed by atoms with van der Waals surface area (Å²) in [6.45, 7) is 4.45. The van der Waals surface area contributed by atoms with E-state index in [1.54, 1.807) is 11.1 Å². The van der Waals surface area contributed by atoms with Crippen molar-refractivity contribution in [2.75, 3.05) is 0 Å². The van der Waals surface area contributed by atoms with Crippen molar-refractivity contribution in [2.45, 2.75) is 46.0 Å². The molecule has 1 aliphatic rings. The van der Waals surface area contributed by atoms with E-state index in [0.717, 1.165) is 0 Å². The van der Waals surface area contributed by atoms with E-state index in [2.05, 4.69) is 38.1 Å². The Morgan fingerprint density at radius 2 is 1.93 bits per heavy atom. The molecule has 0 N–H and O–H groups in total. The molecule has 0 saturated heterocycles. The maximum atomic E-state index is 2.39. The van der Waals surface area contributed by atoms with Gasteiger partial charge in [0.2, 0.25) is 0 Å². The van der Waals surface area contributed by atoms with Crippen LogP contribution in [-0.2, 0) is 12.8 Å². The summed E-state index contributed by atoms with van der Waals surface area (Å²) >= 11 is 0. The number of benzene rings is 1. The Hall–Kier alpha value is -1.04. The molecule has 0 amide bonds. The van der Waals surface area contributed by atoms with Gasteiger partial charge in [-0.15, -0.1) is 0 Å². The minimum absolute atomic E-state index is 1.19. The summed E-state index contributed by atoms with van der Waals surface area (Å²) < 4.78 is 0. The highest BCUT2D eigenvalue weighted by Gasteiger charge is 2.11. The normalized spacial score (nSPS) is 14.8. The average Bonchev–Trinajstić information content (AvgIpc) is 2.65. The summed E-state index contributed by atoms with van der Waals surface area (Å²) in [6, 6.07) is 4.78. The van der Waals surface area contributed by atoms with Gasteiger partial charge in [-0.05, 0) is 54.9 Å². The molecule has 80 valence electrons. The molecule has 0 aromatic heterocycles. The predicted molar refractivity (Wildman–Crippen MR) is 67.1 cm³/mol. The van der Waals surface area contributed by atoms with Crippen molar-refractivity contribution in [1.82, 2.24) is 0 Å². The van der Waals surface area contributed by atoms with Crippen LogP contribution in [0.5, 0.6) is 0 Å². The highest BCUT2D eigenvalue weighted by Crippen LogP contribution is 2.26. The lowest BCUT2D eigenvalue weighted by atomic mass is 10.0.